The molecule has 0 aliphatic rings. The molecule has 0 aliphatic heterocycles. The van der Waals surface area contributed by atoms with E-state index in [1.54, 1.807) is 14.2 Å². The average Bonchev–Trinajstić information content (AvgIpc) is 2.51. The van der Waals surface area contributed by atoms with Crippen LogP contribution in [0.3, 0.4) is 0 Å². The molecule has 3 nitrogen and oxygen atoms in total. The number of methoxy groups -OCH3 is 2. The first kappa shape index (κ1) is 30.7. The van der Waals surface area contributed by atoms with Crippen LogP contribution in [0.15, 0.2) is 0 Å². The van der Waals surface area contributed by atoms with Gasteiger partial charge in [0.1, 0.15) is 6.10 Å². The van der Waals surface area contributed by atoms with Crippen LogP contribution in [0.25, 0.3) is 0 Å². The van der Waals surface area contributed by atoms with E-state index in [4.69, 9.17) is 14.2 Å². The van der Waals surface area contributed by atoms with Crippen molar-refractivity contribution in [1.82, 2.24) is 0 Å². The molecule has 1 unspecified atom stereocenters. The van der Waals surface area contributed by atoms with Crippen LogP contribution in [0.4, 0.5) is 0 Å². The number of hydrogen-bond donors (Lipinski definition) is 0. The third kappa shape index (κ3) is 44.6. The van der Waals surface area contributed by atoms with Crippen LogP contribution in [0.2, 0.25) is 0 Å². The van der Waals surface area contributed by atoms with Crippen molar-refractivity contribution in [3.63, 3.8) is 0 Å². The zero-order chi connectivity index (χ0) is 15.8. The minimum atomic E-state index is 0.0740. The lowest BCUT2D eigenvalue weighted by Gasteiger charge is -2.13. The number of rotatable bonds is 6. The van der Waals surface area contributed by atoms with Gasteiger partial charge in [0.25, 0.3) is 0 Å². The molecule has 0 fully saturated rings. The summed E-state index contributed by atoms with van der Waals surface area (Å²) in [5.41, 5.74) is 0. The van der Waals surface area contributed by atoms with Gasteiger partial charge >= 0.3 is 0 Å². The van der Waals surface area contributed by atoms with E-state index >= 15 is 0 Å². The normalized spacial score (nSPS) is 8.83. The van der Waals surface area contributed by atoms with Gasteiger partial charge in [0.15, 0.2) is 0 Å². The second kappa shape index (κ2) is 54.0. The summed E-state index contributed by atoms with van der Waals surface area (Å²) < 4.78 is 15.1. The summed E-state index contributed by atoms with van der Waals surface area (Å²) in [5, 5.41) is 0. The largest absolute Gasteiger partial charge is 0.382 e. The minimum Gasteiger partial charge on any atom is -0.382 e. The van der Waals surface area contributed by atoms with E-state index in [0.29, 0.717) is 13.2 Å². The fourth-order valence-corrected chi connectivity index (χ4v) is 0.619. The van der Waals surface area contributed by atoms with E-state index in [1.165, 1.54) is 0 Å². The molecule has 0 N–H and O–H groups in total. The first-order valence-corrected chi connectivity index (χ1v) is 7.44. The lowest BCUT2D eigenvalue weighted by molar-refractivity contribution is -0.0276. The van der Waals surface area contributed by atoms with Gasteiger partial charge in [-0.2, -0.15) is 0 Å². The predicted molar refractivity (Wildman–Crippen MR) is 84.6 cm³/mol. The van der Waals surface area contributed by atoms with Crippen LogP contribution in [-0.2, 0) is 14.2 Å². The standard InChI is InChI=1S/C7H16O3.4C2H6/c1-4-10-6-7(9-3)5-8-2;4*1-2/h7H,4-6H2,1-3H3;4*1-2H3. The average molecular weight is 268 g/mol. The molecule has 0 aromatic rings. The Labute approximate surface area is 117 Å². The molecule has 0 aliphatic carbocycles. The van der Waals surface area contributed by atoms with Crippen LogP contribution in [0.1, 0.15) is 62.3 Å². The van der Waals surface area contributed by atoms with E-state index in [2.05, 4.69) is 0 Å². The van der Waals surface area contributed by atoms with Crippen molar-refractivity contribution in [2.45, 2.75) is 68.4 Å². The second-order valence-corrected chi connectivity index (χ2v) is 1.97. The topological polar surface area (TPSA) is 27.7 Å². The molecular weight excluding hydrogens is 228 g/mol. The molecule has 0 saturated carbocycles. The van der Waals surface area contributed by atoms with Gasteiger partial charge in [0, 0.05) is 20.8 Å². The van der Waals surface area contributed by atoms with Gasteiger partial charge in [0.2, 0.25) is 0 Å². The molecule has 0 amide bonds. The molecule has 0 spiro atoms. The maximum Gasteiger partial charge on any atom is 0.104 e. The van der Waals surface area contributed by atoms with Gasteiger partial charge in [0.05, 0.1) is 13.2 Å². The minimum absolute atomic E-state index is 0.0740. The Bertz CT molecular complexity index is 68.8. The zero-order valence-electron chi connectivity index (χ0n) is 14.9. The molecule has 0 aromatic carbocycles. The van der Waals surface area contributed by atoms with Crippen molar-refractivity contribution in [2.24, 2.45) is 0 Å². The fourth-order valence-electron chi connectivity index (χ4n) is 0.619. The summed E-state index contributed by atoms with van der Waals surface area (Å²) in [5.74, 6) is 0. The molecule has 0 bridgehead atoms. The monoisotopic (exact) mass is 268 g/mol. The Morgan fingerprint density at radius 3 is 1.33 bits per heavy atom. The van der Waals surface area contributed by atoms with Gasteiger partial charge in [-0.3, -0.25) is 0 Å². The highest BCUT2D eigenvalue weighted by molar-refractivity contribution is 4.52. The molecule has 1 atom stereocenters. The van der Waals surface area contributed by atoms with E-state index in [-0.39, 0.29) is 6.10 Å². The molecule has 3 heteroatoms. The van der Waals surface area contributed by atoms with Crippen molar-refractivity contribution in [2.75, 3.05) is 34.0 Å². The molecule has 0 rings (SSSR count). The molecule has 0 aromatic heterocycles. The smallest absolute Gasteiger partial charge is 0.104 e. The summed E-state index contributed by atoms with van der Waals surface area (Å²) >= 11 is 0. The highest BCUT2D eigenvalue weighted by Crippen LogP contribution is 1.91. The summed E-state index contributed by atoms with van der Waals surface area (Å²) in [6.45, 7) is 19.9. The Morgan fingerprint density at radius 1 is 0.722 bits per heavy atom. The molecule has 18 heavy (non-hydrogen) atoms. The van der Waals surface area contributed by atoms with Crippen molar-refractivity contribution < 1.29 is 14.2 Å². The van der Waals surface area contributed by atoms with E-state index in [9.17, 15) is 0 Å². The van der Waals surface area contributed by atoms with Gasteiger partial charge in [-0.05, 0) is 6.92 Å². The quantitative estimate of drug-likeness (QED) is 0.693. The first-order chi connectivity index (χ1) is 8.85. The highest BCUT2D eigenvalue weighted by atomic mass is 16.5. The molecule has 0 radical (unpaired) electrons. The Balaban J connectivity index is -0.0000000596. The summed E-state index contributed by atoms with van der Waals surface area (Å²) in [4.78, 5) is 0. The van der Waals surface area contributed by atoms with Gasteiger partial charge in [-0.1, -0.05) is 55.4 Å². The zero-order valence-corrected chi connectivity index (χ0v) is 14.9. The van der Waals surface area contributed by atoms with Gasteiger partial charge < -0.3 is 14.2 Å². The van der Waals surface area contributed by atoms with Gasteiger partial charge in [-0.25, -0.2) is 0 Å². The molecule has 118 valence electrons. The number of ether oxygens (including phenoxy) is 3. The van der Waals surface area contributed by atoms with Crippen molar-refractivity contribution in [3.8, 4) is 0 Å². The maximum absolute atomic E-state index is 5.13. The van der Waals surface area contributed by atoms with E-state index < -0.39 is 0 Å². The highest BCUT2D eigenvalue weighted by Gasteiger charge is 2.04. The van der Waals surface area contributed by atoms with Crippen LogP contribution >= 0.6 is 0 Å². The molecular formula is C15H40O3. The predicted octanol–water partition coefficient (Wildman–Crippen LogP) is 4.79. The van der Waals surface area contributed by atoms with Crippen LogP contribution in [-0.4, -0.2) is 40.1 Å². The van der Waals surface area contributed by atoms with Crippen molar-refractivity contribution in [1.29, 1.82) is 0 Å². The Hall–Kier alpha value is -0.120. The Kier molecular flexibility index (Phi) is 92.1. The van der Waals surface area contributed by atoms with Crippen LogP contribution < -0.4 is 0 Å². The van der Waals surface area contributed by atoms with Crippen molar-refractivity contribution >= 4 is 0 Å². The SMILES string of the molecule is CC.CC.CC.CC.CCOCC(COC)OC. The third-order valence-corrected chi connectivity index (χ3v) is 1.19. The van der Waals surface area contributed by atoms with Crippen LogP contribution in [0.5, 0.6) is 0 Å². The van der Waals surface area contributed by atoms with Crippen molar-refractivity contribution in [3.05, 3.63) is 0 Å². The maximum atomic E-state index is 5.13. The van der Waals surface area contributed by atoms with Gasteiger partial charge in [-0.15, -0.1) is 0 Å². The summed E-state index contributed by atoms with van der Waals surface area (Å²) in [6.07, 6.45) is 0.0740. The fraction of sp³-hybridized carbons (Fsp3) is 1.00. The van der Waals surface area contributed by atoms with E-state index in [0.717, 1.165) is 6.61 Å². The summed E-state index contributed by atoms with van der Waals surface area (Å²) in [7, 11) is 3.31. The molecule has 0 heterocycles. The Morgan fingerprint density at radius 2 is 1.11 bits per heavy atom. The number of hydrogen-bond acceptors (Lipinski definition) is 3. The van der Waals surface area contributed by atoms with E-state index in [1.807, 2.05) is 62.3 Å². The van der Waals surface area contributed by atoms with Crippen LogP contribution in [0, 0.1) is 0 Å². The lowest BCUT2D eigenvalue weighted by Crippen LogP contribution is -2.23. The third-order valence-electron chi connectivity index (χ3n) is 1.19. The summed E-state index contributed by atoms with van der Waals surface area (Å²) in [6, 6.07) is 0. The molecule has 0 saturated heterocycles. The first-order valence-electron chi connectivity index (χ1n) is 7.44. The second-order valence-electron chi connectivity index (χ2n) is 1.97. The lowest BCUT2D eigenvalue weighted by atomic mass is 10.4.